The largest absolute Gasteiger partial charge is 0.494 e. The number of nitrogens with zero attached hydrogens (tertiary/aromatic N) is 3. The van der Waals surface area contributed by atoms with Gasteiger partial charge in [0.05, 0.1) is 18.8 Å². The van der Waals surface area contributed by atoms with Gasteiger partial charge in [0.1, 0.15) is 11.8 Å². The fourth-order valence-electron chi connectivity index (χ4n) is 3.79. The normalized spacial score (nSPS) is 14.9. The summed E-state index contributed by atoms with van der Waals surface area (Å²) < 4.78 is 14.1. The van der Waals surface area contributed by atoms with E-state index in [4.69, 9.17) is 31.2 Å². The van der Waals surface area contributed by atoms with E-state index in [9.17, 15) is 4.79 Å². The molecule has 1 unspecified atom stereocenters. The molecule has 1 aliphatic heterocycles. The van der Waals surface area contributed by atoms with Crippen molar-refractivity contribution >= 4 is 51.2 Å². The maximum Gasteiger partial charge on any atom is 0.338 e. The summed E-state index contributed by atoms with van der Waals surface area (Å²) in [5, 5.41) is 9.29. The summed E-state index contributed by atoms with van der Waals surface area (Å²) in [5.41, 5.74) is 2.93. The standard InChI is InChI=1S/C25H26BrClN4O3S/c1-4-12-34-23(32)21-15(3)28-24-29-25(35-14-16-8-6-7-9-19(16)27)30-31(24)22(21)18-13-17(26)10-11-20(18)33-5-2/h6-11,13,22H,4-5,12,14H2,1-3H3,(H,28,29,30). The molecule has 3 aromatic rings. The number of allylic oxidation sites excluding steroid dienone is 1. The highest BCUT2D eigenvalue weighted by Gasteiger charge is 2.37. The van der Waals surface area contributed by atoms with Crippen LogP contribution < -0.4 is 10.1 Å². The number of thioether (sulfide) groups is 1. The number of carbonyl (C=O) groups excluding carboxylic acids is 1. The van der Waals surface area contributed by atoms with Gasteiger partial charge in [-0.1, -0.05) is 64.4 Å². The van der Waals surface area contributed by atoms with E-state index in [1.807, 2.05) is 63.2 Å². The van der Waals surface area contributed by atoms with Gasteiger partial charge in [-0.05, 0) is 50.1 Å². The quantitative estimate of drug-likeness (QED) is 0.226. The van der Waals surface area contributed by atoms with Crippen molar-refractivity contribution in [2.75, 3.05) is 18.5 Å². The number of hydrogen-bond acceptors (Lipinski definition) is 7. The lowest BCUT2D eigenvalue weighted by Crippen LogP contribution is -2.30. The van der Waals surface area contributed by atoms with E-state index in [1.165, 1.54) is 11.8 Å². The first-order valence-corrected chi connectivity index (χ1v) is 13.5. The second-order valence-corrected chi connectivity index (χ2v) is 10.1. The van der Waals surface area contributed by atoms with Crippen LogP contribution in [0.2, 0.25) is 5.02 Å². The smallest absolute Gasteiger partial charge is 0.338 e. The number of fused-ring (bicyclic) bond motifs is 1. The average Bonchev–Trinajstić information content (AvgIpc) is 3.24. The molecule has 184 valence electrons. The fourth-order valence-corrected chi connectivity index (χ4v) is 5.29. The molecule has 1 aromatic heterocycles. The van der Waals surface area contributed by atoms with Crippen LogP contribution in [0.5, 0.6) is 5.75 Å². The molecule has 4 rings (SSSR count). The van der Waals surface area contributed by atoms with Gasteiger partial charge in [0.2, 0.25) is 11.1 Å². The lowest BCUT2D eigenvalue weighted by molar-refractivity contribution is -0.139. The van der Waals surface area contributed by atoms with Gasteiger partial charge >= 0.3 is 5.97 Å². The highest BCUT2D eigenvalue weighted by molar-refractivity contribution is 9.10. The van der Waals surface area contributed by atoms with Crippen LogP contribution in [0.15, 0.2) is 63.4 Å². The summed E-state index contributed by atoms with van der Waals surface area (Å²) >= 11 is 11.4. The van der Waals surface area contributed by atoms with Gasteiger partial charge in [0.15, 0.2) is 0 Å². The highest BCUT2D eigenvalue weighted by atomic mass is 79.9. The molecule has 2 heterocycles. The van der Waals surface area contributed by atoms with Gasteiger partial charge in [-0.15, -0.1) is 5.10 Å². The Hall–Kier alpha value is -2.49. The first-order chi connectivity index (χ1) is 16.9. The van der Waals surface area contributed by atoms with Crippen molar-refractivity contribution in [3.05, 3.63) is 74.4 Å². The van der Waals surface area contributed by atoms with Gasteiger partial charge in [0, 0.05) is 26.5 Å². The van der Waals surface area contributed by atoms with E-state index in [1.54, 1.807) is 4.68 Å². The lowest BCUT2D eigenvalue weighted by Gasteiger charge is -2.29. The number of benzene rings is 2. The molecular weight excluding hydrogens is 552 g/mol. The number of aromatic nitrogens is 3. The minimum Gasteiger partial charge on any atom is -0.494 e. The van der Waals surface area contributed by atoms with Crippen LogP contribution in [0.4, 0.5) is 5.95 Å². The Morgan fingerprint density at radius 2 is 2.06 bits per heavy atom. The number of ether oxygens (including phenoxy) is 2. The van der Waals surface area contributed by atoms with Gasteiger partial charge < -0.3 is 14.8 Å². The molecule has 1 atom stereocenters. The number of anilines is 1. The molecule has 1 aliphatic rings. The zero-order valence-electron chi connectivity index (χ0n) is 19.7. The molecule has 35 heavy (non-hydrogen) atoms. The molecule has 0 saturated heterocycles. The van der Waals surface area contributed by atoms with Crippen molar-refractivity contribution in [1.29, 1.82) is 0 Å². The van der Waals surface area contributed by atoms with Crippen LogP contribution in [-0.4, -0.2) is 33.9 Å². The molecule has 7 nitrogen and oxygen atoms in total. The third kappa shape index (κ3) is 5.68. The molecule has 0 bridgehead atoms. The van der Waals surface area contributed by atoms with Gasteiger partial charge in [0.25, 0.3) is 0 Å². The van der Waals surface area contributed by atoms with Crippen molar-refractivity contribution in [2.24, 2.45) is 0 Å². The van der Waals surface area contributed by atoms with Gasteiger partial charge in [-0.25, -0.2) is 9.48 Å². The Morgan fingerprint density at radius 3 is 2.80 bits per heavy atom. The van der Waals surface area contributed by atoms with Crippen molar-refractivity contribution in [2.45, 2.75) is 44.1 Å². The van der Waals surface area contributed by atoms with Gasteiger partial charge in [-0.2, -0.15) is 4.98 Å². The van der Waals surface area contributed by atoms with E-state index in [0.717, 1.165) is 22.0 Å². The predicted octanol–water partition coefficient (Wildman–Crippen LogP) is 6.63. The zero-order valence-corrected chi connectivity index (χ0v) is 22.8. The lowest BCUT2D eigenvalue weighted by atomic mass is 9.95. The second kappa shape index (κ2) is 11.5. The first kappa shape index (κ1) is 25.6. The van der Waals surface area contributed by atoms with Crippen molar-refractivity contribution in [3.8, 4) is 5.75 Å². The van der Waals surface area contributed by atoms with E-state index >= 15 is 0 Å². The van der Waals surface area contributed by atoms with Crippen LogP contribution in [0, 0.1) is 0 Å². The number of halogens is 2. The van der Waals surface area contributed by atoms with Crippen LogP contribution in [0.1, 0.15) is 44.4 Å². The SMILES string of the molecule is CCCOC(=O)C1=C(C)Nc2nc(SCc3ccccc3Cl)nn2C1c1cc(Br)ccc1OCC. The molecule has 0 radical (unpaired) electrons. The van der Waals surface area contributed by atoms with Crippen LogP contribution in [-0.2, 0) is 15.3 Å². The topological polar surface area (TPSA) is 78.3 Å². The maximum absolute atomic E-state index is 13.2. The molecular formula is C25H26BrClN4O3S. The maximum atomic E-state index is 13.2. The molecule has 0 aliphatic carbocycles. The van der Waals surface area contributed by atoms with Crippen molar-refractivity contribution < 1.29 is 14.3 Å². The fraction of sp³-hybridized carbons (Fsp3) is 0.320. The molecule has 0 spiro atoms. The summed E-state index contributed by atoms with van der Waals surface area (Å²) in [6.45, 7) is 6.56. The zero-order chi connectivity index (χ0) is 24.9. The second-order valence-electron chi connectivity index (χ2n) is 7.86. The Balaban J connectivity index is 1.76. The molecule has 0 saturated carbocycles. The number of carbonyl (C=O) groups is 1. The average molecular weight is 578 g/mol. The van der Waals surface area contributed by atoms with E-state index in [0.29, 0.717) is 52.1 Å². The Morgan fingerprint density at radius 1 is 1.26 bits per heavy atom. The third-order valence-electron chi connectivity index (χ3n) is 5.37. The predicted molar refractivity (Wildman–Crippen MR) is 142 cm³/mol. The highest BCUT2D eigenvalue weighted by Crippen LogP contribution is 2.41. The molecule has 10 heteroatoms. The molecule has 1 N–H and O–H groups in total. The van der Waals surface area contributed by atoms with Crippen LogP contribution in [0.25, 0.3) is 0 Å². The molecule has 0 amide bonds. The van der Waals surface area contributed by atoms with Crippen molar-refractivity contribution in [3.63, 3.8) is 0 Å². The summed E-state index contributed by atoms with van der Waals surface area (Å²) in [6, 6.07) is 12.9. The Kier molecular flexibility index (Phi) is 8.41. The van der Waals surface area contributed by atoms with E-state index in [2.05, 4.69) is 21.2 Å². The molecule has 2 aromatic carbocycles. The minimum atomic E-state index is -0.572. The molecule has 0 fully saturated rings. The third-order valence-corrected chi connectivity index (χ3v) is 7.12. The first-order valence-electron chi connectivity index (χ1n) is 11.3. The van der Waals surface area contributed by atoms with Crippen LogP contribution in [0.3, 0.4) is 0 Å². The summed E-state index contributed by atoms with van der Waals surface area (Å²) in [6.07, 6.45) is 0.731. The minimum absolute atomic E-state index is 0.336. The Labute approximate surface area is 222 Å². The van der Waals surface area contributed by atoms with Crippen molar-refractivity contribution in [1.82, 2.24) is 14.8 Å². The van der Waals surface area contributed by atoms with E-state index < -0.39 is 12.0 Å². The number of nitrogens with one attached hydrogen (secondary N) is 1. The summed E-state index contributed by atoms with van der Waals surface area (Å²) in [7, 11) is 0. The number of esters is 1. The van der Waals surface area contributed by atoms with Crippen LogP contribution >= 0.6 is 39.3 Å². The summed E-state index contributed by atoms with van der Waals surface area (Å²) in [5.74, 6) is 1.44. The Bertz CT molecular complexity index is 1260. The summed E-state index contributed by atoms with van der Waals surface area (Å²) in [4.78, 5) is 17.9. The number of hydrogen-bond donors (Lipinski definition) is 1. The van der Waals surface area contributed by atoms with Gasteiger partial charge in [-0.3, -0.25) is 0 Å². The number of rotatable bonds is 9. The monoisotopic (exact) mass is 576 g/mol. The van der Waals surface area contributed by atoms with E-state index in [-0.39, 0.29) is 0 Å².